The number of carbonyl (C=O) groups is 1. The van der Waals surface area contributed by atoms with Gasteiger partial charge in [-0.25, -0.2) is 4.68 Å². The van der Waals surface area contributed by atoms with Crippen molar-refractivity contribution in [1.82, 2.24) is 14.7 Å². The van der Waals surface area contributed by atoms with Crippen LogP contribution in [0.25, 0.3) is 5.69 Å². The third-order valence-electron chi connectivity index (χ3n) is 2.80. The van der Waals surface area contributed by atoms with Crippen LogP contribution in [0.15, 0.2) is 30.5 Å². The van der Waals surface area contributed by atoms with Crippen molar-refractivity contribution >= 4 is 11.6 Å². The quantitative estimate of drug-likeness (QED) is 0.859. The zero-order chi connectivity index (χ0) is 14.7. The summed E-state index contributed by atoms with van der Waals surface area (Å²) in [4.78, 5) is 13.3. The molecule has 0 fully saturated rings. The molecule has 0 saturated carbocycles. The number of anilines is 1. The van der Waals surface area contributed by atoms with Gasteiger partial charge in [0.1, 0.15) is 11.4 Å². The van der Waals surface area contributed by atoms with Crippen molar-refractivity contribution in [2.75, 3.05) is 26.4 Å². The molecule has 1 aromatic carbocycles. The number of carbonyl (C=O) groups excluding carboxylic acids is 1. The van der Waals surface area contributed by atoms with E-state index in [0.29, 0.717) is 29.4 Å². The summed E-state index contributed by atoms with van der Waals surface area (Å²) in [7, 11) is 3.37. The molecule has 0 bridgehead atoms. The smallest absolute Gasteiger partial charge is 0.273 e. The summed E-state index contributed by atoms with van der Waals surface area (Å²) in [5, 5.41) is 4.25. The number of nitrogens with zero attached hydrogens (tertiary/aromatic N) is 3. The van der Waals surface area contributed by atoms with Gasteiger partial charge in [-0.1, -0.05) is 6.07 Å². The first-order valence-corrected chi connectivity index (χ1v) is 6.33. The van der Waals surface area contributed by atoms with E-state index < -0.39 is 0 Å². The molecule has 1 heterocycles. The molecule has 6 nitrogen and oxygen atoms in total. The van der Waals surface area contributed by atoms with Crippen molar-refractivity contribution in [3.8, 4) is 11.4 Å². The highest BCUT2D eigenvalue weighted by atomic mass is 16.5. The Morgan fingerprint density at radius 1 is 1.40 bits per heavy atom. The molecule has 0 saturated heterocycles. The third-order valence-corrected chi connectivity index (χ3v) is 2.80. The van der Waals surface area contributed by atoms with E-state index in [2.05, 4.69) is 5.10 Å². The number of hydrogen-bond donors (Lipinski definition) is 1. The van der Waals surface area contributed by atoms with Gasteiger partial charge in [-0.05, 0) is 25.1 Å². The first-order chi connectivity index (χ1) is 9.54. The highest BCUT2D eigenvalue weighted by Crippen LogP contribution is 2.27. The lowest BCUT2D eigenvalue weighted by molar-refractivity contribution is 0.0821. The van der Waals surface area contributed by atoms with Crippen LogP contribution in [0.1, 0.15) is 17.4 Å². The molecule has 20 heavy (non-hydrogen) atoms. The molecular formula is C14H18N4O2. The molecule has 0 atom stereocenters. The van der Waals surface area contributed by atoms with Crippen molar-refractivity contribution in [3.63, 3.8) is 0 Å². The lowest BCUT2D eigenvalue weighted by atomic mass is 10.2. The number of hydrogen-bond acceptors (Lipinski definition) is 4. The Kier molecular flexibility index (Phi) is 3.93. The molecule has 1 aromatic heterocycles. The summed E-state index contributed by atoms with van der Waals surface area (Å²) >= 11 is 0. The molecule has 0 radical (unpaired) electrons. The second-order valence-electron chi connectivity index (χ2n) is 4.47. The van der Waals surface area contributed by atoms with Crippen LogP contribution < -0.4 is 10.5 Å². The highest BCUT2D eigenvalue weighted by Gasteiger charge is 2.14. The van der Waals surface area contributed by atoms with Crippen LogP contribution in [0.4, 0.5) is 5.69 Å². The van der Waals surface area contributed by atoms with Gasteiger partial charge < -0.3 is 15.4 Å². The van der Waals surface area contributed by atoms with Gasteiger partial charge in [0.05, 0.1) is 12.3 Å². The van der Waals surface area contributed by atoms with Crippen LogP contribution in [0.3, 0.4) is 0 Å². The van der Waals surface area contributed by atoms with E-state index in [0.717, 1.165) is 0 Å². The summed E-state index contributed by atoms with van der Waals surface area (Å²) in [5.41, 5.74) is 7.63. The predicted molar refractivity (Wildman–Crippen MR) is 77.2 cm³/mol. The topological polar surface area (TPSA) is 73.4 Å². The molecule has 0 spiro atoms. The standard InChI is InChI=1S/C14H18N4O2/c1-4-20-12-7-5-6-11(13(12)15)18-9-8-10(16-18)14(19)17(2)3/h5-9H,4,15H2,1-3H3. The minimum absolute atomic E-state index is 0.150. The van der Waals surface area contributed by atoms with Crippen molar-refractivity contribution in [2.24, 2.45) is 0 Å². The van der Waals surface area contributed by atoms with Gasteiger partial charge in [0.25, 0.3) is 5.91 Å². The third kappa shape index (κ3) is 2.59. The molecule has 6 heteroatoms. The van der Waals surface area contributed by atoms with E-state index >= 15 is 0 Å². The molecule has 2 N–H and O–H groups in total. The van der Waals surface area contributed by atoms with E-state index in [9.17, 15) is 4.79 Å². The van der Waals surface area contributed by atoms with Crippen LogP contribution in [0, 0.1) is 0 Å². The Morgan fingerprint density at radius 2 is 2.15 bits per heavy atom. The van der Waals surface area contributed by atoms with E-state index in [1.165, 1.54) is 4.90 Å². The Balaban J connectivity index is 2.38. The molecule has 2 rings (SSSR count). The monoisotopic (exact) mass is 274 g/mol. The van der Waals surface area contributed by atoms with E-state index in [4.69, 9.17) is 10.5 Å². The molecular weight excluding hydrogens is 256 g/mol. The van der Waals surface area contributed by atoms with Crippen LogP contribution >= 0.6 is 0 Å². The van der Waals surface area contributed by atoms with Gasteiger partial charge in [0.15, 0.2) is 5.69 Å². The normalized spacial score (nSPS) is 10.3. The van der Waals surface area contributed by atoms with E-state index in [1.54, 1.807) is 37.1 Å². The second-order valence-corrected chi connectivity index (χ2v) is 4.47. The maximum atomic E-state index is 11.8. The van der Waals surface area contributed by atoms with Crippen LogP contribution in [0.2, 0.25) is 0 Å². The number of nitrogen functional groups attached to an aromatic ring is 1. The minimum Gasteiger partial charge on any atom is -0.492 e. The van der Waals surface area contributed by atoms with Crippen molar-refractivity contribution in [1.29, 1.82) is 0 Å². The van der Waals surface area contributed by atoms with Crippen molar-refractivity contribution in [3.05, 3.63) is 36.2 Å². The van der Waals surface area contributed by atoms with E-state index in [1.807, 2.05) is 19.1 Å². The van der Waals surface area contributed by atoms with Gasteiger partial charge in [0, 0.05) is 20.3 Å². The fourth-order valence-corrected chi connectivity index (χ4v) is 1.81. The maximum Gasteiger partial charge on any atom is 0.273 e. The second kappa shape index (κ2) is 5.64. The van der Waals surface area contributed by atoms with Gasteiger partial charge in [0.2, 0.25) is 0 Å². The number of aromatic nitrogens is 2. The van der Waals surface area contributed by atoms with E-state index in [-0.39, 0.29) is 5.91 Å². The SMILES string of the molecule is CCOc1cccc(-n2ccc(C(=O)N(C)C)n2)c1N. The summed E-state index contributed by atoms with van der Waals surface area (Å²) in [6.07, 6.45) is 1.71. The highest BCUT2D eigenvalue weighted by molar-refractivity contribution is 5.91. The average molecular weight is 274 g/mol. The largest absolute Gasteiger partial charge is 0.492 e. The van der Waals surface area contributed by atoms with Crippen molar-refractivity contribution in [2.45, 2.75) is 6.92 Å². The Bertz CT molecular complexity index is 619. The number of ether oxygens (including phenoxy) is 1. The first kappa shape index (κ1) is 13.9. The molecule has 1 amide bonds. The van der Waals surface area contributed by atoms with Gasteiger partial charge in [-0.15, -0.1) is 0 Å². The molecule has 0 unspecified atom stereocenters. The average Bonchev–Trinajstić information content (AvgIpc) is 2.89. The van der Waals surface area contributed by atoms with Gasteiger partial charge >= 0.3 is 0 Å². The summed E-state index contributed by atoms with van der Waals surface area (Å²) in [6, 6.07) is 7.13. The number of nitrogens with two attached hydrogens (primary N) is 1. The fourth-order valence-electron chi connectivity index (χ4n) is 1.81. The molecule has 0 aliphatic heterocycles. The summed E-state index contributed by atoms with van der Waals surface area (Å²) in [6.45, 7) is 2.44. The number of para-hydroxylation sites is 1. The summed E-state index contributed by atoms with van der Waals surface area (Å²) < 4.78 is 7.03. The zero-order valence-corrected chi connectivity index (χ0v) is 11.8. The molecule has 0 aliphatic rings. The van der Waals surface area contributed by atoms with Crippen LogP contribution in [0.5, 0.6) is 5.75 Å². The summed E-state index contributed by atoms with van der Waals surface area (Å²) in [5.74, 6) is 0.462. The van der Waals surface area contributed by atoms with Crippen LogP contribution in [-0.2, 0) is 0 Å². The Labute approximate surface area is 117 Å². The first-order valence-electron chi connectivity index (χ1n) is 6.33. The fraction of sp³-hybridized carbons (Fsp3) is 0.286. The van der Waals surface area contributed by atoms with Gasteiger partial charge in [-0.2, -0.15) is 5.10 Å². The number of benzene rings is 1. The van der Waals surface area contributed by atoms with Crippen LogP contribution in [-0.4, -0.2) is 41.3 Å². The lowest BCUT2D eigenvalue weighted by Gasteiger charge is -2.11. The molecule has 106 valence electrons. The Morgan fingerprint density at radius 3 is 2.80 bits per heavy atom. The zero-order valence-electron chi connectivity index (χ0n) is 11.8. The van der Waals surface area contributed by atoms with Gasteiger partial charge in [-0.3, -0.25) is 4.79 Å². The Hall–Kier alpha value is -2.50. The van der Waals surface area contributed by atoms with Crippen molar-refractivity contribution < 1.29 is 9.53 Å². The minimum atomic E-state index is -0.150. The number of amides is 1. The molecule has 0 aliphatic carbocycles. The molecule has 2 aromatic rings. The lowest BCUT2D eigenvalue weighted by Crippen LogP contribution is -2.22. The maximum absolute atomic E-state index is 11.8. The number of rotatable bonds is 4. The predicted octanol–water partition coefficient (Wildman–Crippen LogP) is 1.55.